The Morgan fingerprint density at radius 3 is 2.80 bits per heavy atom. The minimum Gasteiger partial charge on any atom is -0.330 e. The maximum absolute atomic E-state index is 5.85. The highest BCUT2D eigenvalue weighted by atomic mass is 32.1. The Morgan fingerprint density at radius 2 is 2.33 bits per heavy atom. The maximum Gasteiger partial charge on any atom is 0.0959 e. The number of nitrogens with zero attached hydrogens (tertiary/aromatic N) is 1. The molecule has 1 aliphatic rings. The molecule has 0 radical (unpaired) electrons. The van der Waals surface area contributed by atoms with Crippen molar-refractivity contribution >= 4 is 11.3 Å². The average molecular weight is 224 g/mol. The van der Waals surface area contributed by atoms with Gasteiger partial charge in [-0.1, -0.05) is 20.3 Å². The van der Waals surface area contributed by atoms with Crippen LogP contribution in [-0.2, 0) is 5.41 Å². The van der Waals surface area contributed by atoms with Gasteiger partial charge in [0.05, 0.1) is 10.7 Å². The van der Waals surface area contributed by atoms with Crippen LogP contribution in [-0.4, -0.2) is 11.5 Å². The van der Waals surface area contributed by atoms with E-state index in [4.69, 9.17) is 10.7 Å². The van der Waals surface area contributed by atoms with Crippen LogP contribution in [0.25, 0.3) is 0 Å². The Balaban J connectivity index is 2.18. The Bertz CT molecular complexity index is 324. The van der Waals surface area contributed by atoms with Crippen molar-refractivity contribution < 1.29 is 0 Å². The molecule has 0 amide bonds. The van der Waals surface area contributed by atoms with Crippen LogP contribution >= 0.6 is 11.3 Å². The molecule has 1 unspecified atom stereocenters. The van der Waals surface area contributed by atoms with Crippen molar-refractivity contribution in [2.45, 2.75) is 50.9 Å². The van der Waals surface area contributed by atoms with Crippen LogP contribution in [0.1, 0.15) is 56.2 Å². The van der Waals surface area contributed by atoms with Crippen LogP contribution in [0.5, 0.6) is 0 Å². The fourth-order valence-electron chi connectivity index (χ4n) is 1.84. The summed E-state index contributed by atoms with van der Waals surface area (Å²) in [5, 5.41) is 3.55. The average Bonchev–Trinajstić information content (AvgIpc) is 2.63. The van der Waals surface area contributed by atoms with Gasteiger partial charge in [0.25, 0.3) is 0 Å². The van der Waals surface area contributed by atoms with Gasteiger partial charge in [-0.25, -0.2) is 4.98 Å². The van der Waals surface area contributed by atoms with Crippen molar-refractivity contribution in [3.63, 3.8) is 0 Å². The molecule has 1 atom stereocenters. The van der Waals surface area contributed by atoms with Gasteiger partial charge in [-0.15, -0.1) is 11.3 Å². The number of rotatable bonds is 4. The second-order valence-electron chi connectivity index (χ2n) is 4.82. The molecule has 0 aromatic carbocycles. The van der Waals surface area contributed by atoms with Gasteiger partial charge in [0, 0.05) is 23.3 Å². The van der Waals surface area contributed by atoms with Crippen molar-refractivity contribution in [2.75, 3.05) is 6.54 Å². The van der Waals surface area contributed by atoms with Crippen molar-refractivity contribution in [3.8, 4) is 0 Å². The molecule has 1 aliphatic carbocycles. The summed E-state index contributed by atoms with van der Waals surface area (Å²) in [6, 6.07) is 0. The normalized spacial score (nSPS) is 21.0. The molecule has 1 aromatic heterocycles. The fourth-order valence-corrected chi connectivity index (χ4v) is 2.99. The Morgan fingerprint density at radius 1 is 1.60 bits per heavy atom. The molecule has 1 aromatic rings. The third-order valence-corrected chi connectivity index (χ3v) is 4.83. The highest BCUT2D eigenvalue weighted by Crippen LogP contribution is 2.39. The molecule has 3 heteroatoms. The molecule has 0 spiro atoms. The summed E-state index contributed by atoms with van der Waals surface area (Å²) >= 11 is 1.82. The van der Waals surface area contributed by atoms with E-state index in [0.717, 1.165) is 12.3 Å². The van der Waals surface area contributed by atoms with Gasteiger partial charge in [0.1, 0.15) is 0 Å². The molecule has 2 rings (SSSR count). The summed E-state index contributed by atoms with van der Waals surface area (Å²) in [6.45, 7) is 5.10. The molecule has 15 heavy (non-hydrogen) atoms. The Labute approximate surface area is 95.9 Å². The zero-order valence-corrected chi connectivity index (χ0v) is 10.4. The Kier molecular flexibility index (Phi) is 3.12. The lowest BCUT2D eigenvalue weighted by Crippen LogP contribution is -2.31. The van der Waals surface area contributed by atoms with Crippen LogP contribution in [0.3, 0.4) is 0 Å². The van der Waals surface area contributed by atoms with Crippen LogP contribution in [0.15, 0.2) is 5.38 Å². The lowest BCUT2D eigenvalue weighted by molar-refractivity contribution is 0.411. The first-order chi connectivity index (χ1) is 7.19. The van der Waals surface area contributed by atoms with Crippen LogP contribution in [0, 0.1) is 0 Å². The van der Waals surface area contributed by atoms with E-state index >= 15 is 0 Å². The van der Waals surface area contributed by atoms with Gasteiger partial charge < -0.3 is 5.73 Å². The zero-order chi connectivity index (χ0) is 10.9. The second-order valence-corrected chi connectivity index (χ2v) is 5.71. The quantitative estimate of drug-likeness (QED) is 0.853. The van der Waals surface area contributed by atoms with Crippen LogP contribution in [0.2, 0.25) is 0 Å². The highest BCUT2D eigenvalue weighted by Gasteiger charge is 2.28. The first-order valence-corrected chi connectivity index (χ1v) is 6.73. The molecule has 0 saturated heterocycles. The van der Waals surface area contributed by atoms with Crippen molar-refractivity contribution in [3.05, 3.63) is 16.1 Å². The lowest BCUT2D eigenvalue weighted by atomic mass is 9.84. The molecular weight excluding hydrogens is 204 g/mol. The first-order valence-electron chi connectivity index (χ1n) is 5.85. The number of thiazole rings is 1. The number of nitrogens with two attached hydrogens (primary N) is 1. The third-order valence-electron chi connectivity index (χ3n) is 3.83. The SMILES string of the molecule is CCC(C)(CN)c1csc(C2CCC2)n1. The summed E-state index contributed by atoms with van der Waals surface area (Å²) in [7, 11) is 0. The summed E-state index contributed by atoms with van der Waals surface area (Å²) in [6.07, 6.45) is 5.11. The van der Waals surface area contributed by atoms with E-state index in [1.165, 1.54) is 30.0 Å². The van der Waals surface area contributed by atoms with Gasteiger partial charge >= 0.3 is 0 Å². The van der Waals surface area contributed by atoms with E-state index in [2.05, 4.69) is 19.2 Å². The molecule has 1 heterocycles. The van der Waals surface area contributed by atoms with Crippen molar-refractivity contribution in [1.29, 1.82) is 0 Å². The highest BCUT2D eigenvalue weighted by molar-refractivity contribution is 7.09. The minimum absolute atomic E-state index is 0.0818. The van der Waals surface area contributed by atoms with Gasteiger partial charge in [0.2, 0.25) is 0 Å². The van der Waals surface area contributed by atoms with Gasteiger partial charge in [-0.05, 0) is 19.3 Å². The minimum atomic E-state index is 0.0818. The molecule has 2 nitrogen and oxygen atoms in total. The summed E-state index contributed by atoms with van der Waals surface area (Å²) in [4.78, 5) is 4.78. The summed E-state index contributed by atoms with van der Waals surface area (Å²) in [5.41, 5.74) is 7.14. The topological polar surface area (TPSA) is 38.9 Å². The van der Waals surface area contributed by atoms with Crippen LogP contribution in [0.4, 0.5) is 0 Å². The molecule has 84 valence electrons. The van der Waals surface area contributed by atoms with E-state index in [0.29, 0.717) is 6.54 Å². The third kappa shape index (κ3) is 1.95. The van der Waals surface area contributed by atoms with E-state index in [1.54, 1.807) is 0 Å². The zero-order valence-electron chi connectivity index (χ0n) is 9.62. The van der Waals surface area contributed by atoms with Gasteiger partial charge in [-0.3, -0.25) is 0 Å². The van der Waals surface area contributed by atoms with Crippen molar-refractivity contribution in [2.24, 2.45) is 5.73 Å². The molecular formula is C12H20N2S. The van der Waals surface area contributed by atoms with E-state index in [1.807, 2.05) is 11.3 Å². The van der Waals surface area contributed by atoms with E-state index < -0.39 is 0 Å². The van der Waals surface area contributed by atoms with Gasteiger partial charge in [-0.2, -0.15) is 0 Å². The molecule has 0 aliphatic heterocycles. The summed E-state index contributed by atoms with van der Waals surface area (Å²) < 4.78 is 0. The lowest BCUT2D eigenvalue weighted by Gasteiger charge is -2.25. The first kappa shape index (κ1) is 11.1. The van der Waals surface area contributed by atoms with Gasteiger partial charge in [0.15, 0.2) is 0 Å². The standard InChI is InChI=1S/C12H20N2S/c1-3-12(2,8-13)10-7-15-11(14-10)9-5-4-6-9/h7,9H,3-6,8,13H2,1-2H3. The fraction of sp³-hybridized carbons (Fsp3) is 0.750. The predicted molar refractivity (Wildman–Crippen MR) is 65.4 cm³/mol. The number of hydrogen-bond donors (Lipinski definition) is 1. The predicted octanol–water partition coefficient (Wildman–Crippen LogP) is 3.04. The molecule has 1 fully saturated rings. The van der Waals surface area contributed by atoms with E-state index in [-0.39, 0.29) is 5.41 Å². The summed E-state index contributed by atoms with van der Waals surface area (Å²) in [5.74, 6) is 0.752. The molecule has 2 N–H and O–H groups in total. The second kappa shape index (κ2) is 4.22. The number of aromatic nitrogens is 1. The number of hydrogen-bond acceptors (Lipinski definition) is 3. The van der Waals surface area contributed by atoms with E-state index in [9.17, 15) is 0 Å². The molecule has 1 saturated carbocycles. The Hall–Kier alpha value is -0.410. The van der Waals surface area contributed by atoms with Crippen molar-refractivity contribution in [1.82, 2.24) is 4.98 Å². The monoisotopic (exact) mass is 224 g/mol. The smallest absolute Gasteiger partial charge is 0.0959 e. The maximum atomic E-state index is 5.85. The largest absolute Gasteiger partial charge is 0.330 e. The van der Waals surface area contributed by atoms with Crippen LogP contribution < -0.4 is 5.73 Å². The molecule has 0 bridgehead atoms.